The molecular weight excluding hydrogens is 393 g/mol. The molecule has 1 aliphatic rings. The van der Waals surface area contributed by atoms with Gasteiger partial charge in [0.1, 0.15) is 11.5 Å². The molecule has 0 atom stereocenters. The first kappa shape index (κ1) is 20.2. The Kier molecular flexibility index (Phi) is 5.66. The molecule has 0 unspecified atom stereocenters. The summed E-state index contributed by atoms with van der Waals surface area (Å²) in [5, 5.41) is -0.382. The summed E-state index contributed by atoms with van der Waals surface area (Å²) in [6, 6.07) is 7.97. The summed E-state index contributed by atoms with van der Waals surface area (Å²) in [4.78, 5) is 27.6. The summed E-state index contributed by atoms with van der Waals surface area (Å²) >= 11 is 0.781. The van der Waals surface area contributed by atoms with Gasteiger partial charge in [0.05, 0.1) is 10.5 Å². The van der Waals surface area contributed by atoms with Gasteiger partial charge in [-0.2, -0.15) is 13.2 Å². The second-order valence-corrected chi connectivity index (χ2v) is 7.38. The minimum Gasteiger partial charge on any atom is -0.457 e. The van der Waals surface area contributed by atoms with E-state index in [-0.39, 0.29) is 33.8 Å². The van der Waals surface area contributed by atoms with Gasteiger partial charge in [0.2, 0.25) is 0 Å². The van der Waals surface area contributed by atoms with Crippen LogP contribution in [-0.4, -0.2) is 48.1 Å². The van der Waals surface area contributed by atoms with Gasteiger partial charge in [-0.05, 0) is 44.1 Å². The van der Waals surface area contributed by atoms with Crippen LogP contribution < -0.4 is 0 Å². The molecule has 5 nitrogen and oxygen atoms in total. The normalized spacial score (nSPS) is 16.6. The van der Waals surface area contributed by atoms with Gasteiger partial charge >= 0.3 is 6.18 Å². The molecule has 1 aromatic carbocycles. The van der Waals surface area contributed by atoms with Crippen molar-refractivity contribution in [2.45, 2.75) is 6.18 Å². The van der Waals surface area contributed by atoms with E-state index in [2.05, 4.69) is 0 Å². The highest BCUT2D eigenvalue weighted by Crippen LogP contribution is 2.38. The number of thioether (sulfide) groups is 1. The third-order valence-corrected chi connectivity index (χ3v) is 4.95. The molecule has 0 radical (unpaired) electrons. The van der Waals surface area contributed by atoms with E-state index in [0.29, 0.717) is 6.54 Å². The van der Waals surface area contributed by atoms with Crippen LogP contribution in [0.4, 0.5) is 18.0 Å². The first-order valence-corrected chi connectivity index (χ1v) is 9.15. The van der Waals surface area contributed by atoms with Gasteiger partial charge in [-0.3, -0.25) is 14.5 Å². The molecular formula is C19H17F3N2O3S. The number of alkyl halides is 3. The number of furan rings is 1. The average Bonchev–Trinajstić information content (AvgIpc) is 3.18. The van der Waals surface area contributed by atoms with Crippen molar-refractivity contribution in [3.63, 3.8) is 0 Å². The lowest BCUT2D eigenvalue weighted by atomic mass is 10.1. The summed E-state index contributed by atoms with van der Waals surface area (Å²) in [5.41, 5.74) is -0.895. The lowest BCUT2D eigenvalue weighted by Crippen LogP contribution is -2.34. The third-order valence-electron chi connectivity index (χ3n) is 4.04. The highest BCUT2D eigenvalue weighted by molar-refractivity contribution is 8.18. The number of hydrogen-bond donors (Lipinski definition) is 0. The number of carbonyl (C=O) groups excluding carboxylic acids is 2. The van der Waals surface area contributed by atoms with Gasteiger partial charge in [-0.1, -0.05) is 18.2 Å². The van der Waals surface area contributed by atoms with Gasteiger partial charge in [0, 0.05) is 24.7 Å². The molecule has 0 saturated carbocycles. The molecule has 0 spiro atoms. The Bertz CT molecular complexity index is 935. The SMILES string of the molecule is CN(C)CCN1C(=O)S/C(=C\c2ccc(-c3ccccc3C(F)(F)F)o2)C1=O. The van der Waals surface area contributed by atoms with E-state index in [1.54, 1.807) is 0 Å². The zero-order chi connectivity index (χ0) is 20.5. The van der Waals surface area contributed by atoms with E-state index in [1.807, 2.05) is 19.0 Å². The second-order valence-electron chi connectivity index (χ2n) is 6.38. The zero-order valence-corrected chi connectivity index (χ0v) is 15.9. The molecule has 0 N–H and O–H groups in total. The standard InChI is InChI=1S/C19H17F3N2O3S/c1-23(2)9-10-24-17(25)16(28-18(24)26)11-12-7-8-15(27-12)13-5-3-4-6-14(13)19(20,21)22/h3-8,11H,9-10H2,1-2H3/b16-11-. The molecule has 2 amide bonds. The Labute approximate surface area is 163 Å². The summed E-state index contributed by atoms with van der Waals surface area (Å²) in [6.45, 7) is 0.793. The first-order valence-electron chi connectivity index (χ1n) is 8.33. The largest absolute Gasteiger partial charge is 0.457 e. The molecule has 1 saturated heterocycles. The summed E-state index contributed by atoms with van der Waals surface area (Å²) in [6.07, 6.45) is -3.14. The topological polar surface area (TPSA) is 53.8 Å². The molecule has 1 fully saturated rings. The van der Waals surface area contributed by atoms with Gasteiger partial charge in [-0.25, -0.2) is 0 Å². The van der Waals surface area contributed by atoms with E-state index in [1.165, 1.54) is 36.4 Å². The van der Waals surface area contributed by atoms with Crippen molar-refractivity contribution in [3.8, 4) is 11.3 Å². The minimum absolute atomic E-state index is 0.0333. The van der Waals surface area contributed by atoms with E-state index >= 15 is 0 Å². The fraction of sp³-hybridized carbons (Fsp3) is 0.263. The van der Waals surface area contributed by atoms with Gasteiger partial charge in [0.25, 0.3) is 11.1 Å². The molecule has 0 aliphatic carbocycles. The molecule has 1 aliphatic heterocycles. The average molecular weight is 410 g/mol. The highest BCUT2D eigenvalue weighted by Gasteiger charge is 2.36. The molecule has 2 aromatic rings. The van der Waals surface area contributed by atoms with Gasteiger partial charge in [0.15, 0.2) is 0 Å². The second kappa shape index (κ2) is 7.84. The van der Waals surface area contributed by atoms with Crippen LogP contribution in [0.15, 0.2) is 45.7 Å². The van der Waals surface area contributed by atoms with Crippen LogP contribution >= 0.6 is 11.8 Å². The number of likely N-dealkylation sites (N-methyl/N-ethyl adjacent to an activating group) is 1. The van der Waals surface area contributed by atoms with Crippen molar-refractivity contribution in [3.05, 3.63) is 52.6 Å². The Morgan fingerprint density at radius 2 is 1.86 bits per heavy atom. The Morgan fingerprint density at radius 1 is 1.14 bits per heavy atom. The predicted molar refractivity (Wildman–Crippen MR) is 100 cm³/mol. The van der Waals surface area contributed by atoms with Crippen LogP contribution in [0, 0.1) is 0 Å². The summed E-state index contributed by atoms with van der Waals surface area (Å²) in [5.74, 6) is -0.207. The van der Waals surface area contributed by atoms with Crippen LogP contribution in [0.3, 0.4) is 0 Å². The fourth-order valence-electron chi connectivity index (χ4n) is 2.64. The van der Waals surface area contributed by atoms with Crippen molar-refractivity contribution in [1.29, 1.82) is 0 Å². The number of hydrogen-bond acceptors (Lipinski definition) is 5. The van der Waals surface area contributed by atoms with Crippen LogP contribution in [0.5, 0.6) is 0 Å². The number of amides is 2. The van der Waals surface area contributed by atoms with E-state index in [0.717, 1.165) is 22.7 Å². The number of imide groups is 1. The lowest BCUT2D eigenvalue weighted by molar-refractivity contribution is -0.137. The van der Waals surface area contributed by atoms with E-state index in [4.69, 9.17) is 4.42 Å². The Balaban J connectivity index is 1.84. The number of benzene rings is 1. The van der Waals surface area contributed by atoms with Crippen molar-refractivity contribution in [2.75, 3.05) is 27.2 Å². The van der Waals surface area contributed by atoms with E-state index < -0.39 is 17.6 Å². The van der Waals surface area contributed by atoms with Crippen LogP contribution in [0.1, 0.15) is 11.3 Å². The van der Waals surface area contributed by atoms with Crippen LogP contribution in [0.25, 0.3) is 17.4 Å². The number of nitrogens with zero attached hydrogens (tertiary/aromatic N) is 2. The van der Waals surface area contributed by atoms with Crippen molar-refractivity contribution >= 4 is 29.0 Å². The maximum absolute atomic E-state index is 13.2. The Hall–Kier alpha value is -2.52. The first-order chi connectivity index (χ1) is 13.2. The quantitative estimate of drug-likeness (QED) is 0.677. The molecule has 3 rings (SSSR count). The molecule has 0 bridgehead atoms. The number of carbonyl (C=O) groups is 2. The predicted octanol–water partition coefficient (Wildman–Crippen LogP) is 4.56. The molecule has 148 valence electrons. The monoisotopic (exact) mass is 410 g/mol. The van der Waals surface area contributed by atoms with E-state index in [9.17, 15) is 22.8 Å². The van der Waals surface area contributed by atoms with Crippen molar-refractivity contribution in [2.24, 2.45) is 0 Å². The maximum Gasteiger partial charge on any atom is 0.417 e. The third kappa shape index (κ3) is 4.31. The van der Waals surface area contributed by atoms with Crippen LogP contribution in [-0.2, 0) is 11.0 Å². The van der Waals surface area contributed by atoms with Crippen molar-refractivity contribution < 1.29 is 27.2 Å². The maximum atomic E-state index is 13.2. The van der Waals surface area contributed by atoms with Gasteiger partial charge in [-0.15, -0.1) is 0 Å². The van der Waals surface area contributed by atoms with Crippen molar-refractivity contribution in [1.82, 2.24) is 9.80 Å². The highest BCUT2D eigenvalue weighted by atomic mass is 32.2. The fourth-order valence-corrected chi connectivity index (χ4v) is 3.49. The molecule has 28 heavy (non-hydrogen) atoms. The molecule has 1 aromatic heterocycles. The molecule has 2 heterocycles. The summed E-state index contributed by atoms with van der Waals surface area (Å²) in [7, 11) is 3.66. The minimum atomic E-state index is -4.52. The van der Waals surface area contributed by atoms with Gasteiger partial charge < -0.3 is 9.32 Å². The lowest BCUT2D eigenvalue weighted by Gasteiger charge is -2.15. The zero-order valence-electron chi connectivity index (χ0n) is 15.1. The Morgan fingerprint density at radius 3 is 2.54 bits per heavy atom. The number of rotatable bonds is 5. The smallest absolute Gasteiger partial charge is 0.417 e. The molecule has 9 heteroatoms. The number of halogens is 3. The summed E-state index contributed by atoms with van der Waals surface area (Å²) < 4.78 is 45.1. The van der Waals surface area contributed by atoms with Crippen LogP contribution in [0.2, 0.25) is 0 Å².